The lowest BCUT2D eigenvalue weighted by Crippen LogP contribution is -2.33. The topological polar surface area (TPSA) is 21.1 Å². The third kappa shape index (κ3) is 2.46. The van der Waals surface area contributed by atoms with Crippen molar-refractivity contribution >= 4 is 0 Å². The van der Waals surface area contributed by atoms with Gasteiger partial charge in [0.25, 0.3) is 0 Å². The van der Waals surface area contributed by atoms with E-state index in [0.717, 1.165) is 5.92 Å². The average Bonchev–Trinajstić information content (AvgIpc) is 2.73. The number of fused-ring (bicyclic) bond motifs is 1. The Labute approximate surface area is 110 Å². The van der Waals surface area contributed by atoms with Crippen molar-refractivity contribution in [3.05, 3.63) is 17.7 Å². The van der Waals surface area contributed by atoms with Crippen LogP contribution in [-0.2, 0) is 13.0 Å². The van der Waals surface area contributed by atoms with E-state index in [1.165, 1.54) is 63.3 Å². The van der Waals surface area contributed by atoms with Crippen LogP contribution in [0.3, 0.4) is 0 Å². The highest BCUT2D eigenvalue weighted by Crippen LogP contribution is 2.27. The van der Waals surface area contributed by atoms with Crippen molar-refractivity contribution in [2.45, 2.75) is 51.5 Å². The molecule has 3 rings (SSSR count). The molecule has 2 atom stereocenters. The van der Waals surface area contributed by atoms with Gasteiger partial charge in [-0.25, -0.2) is 4.98 Å². The van der Waals surface area contributed by atoms with Crippen LogP contribution >= 0.6 is 0 Å². The van der Waals surface area contributed by atoms with Gasteiger partial charge in [0.05, 0.1) is 5.69 Å². The van der Waals surface area contributed by atoms with Gasteiger partial charge in [0, 0.05) is 25.2 Å². The molecule has 1 aromatic rings. The van der Waals surface area contributed by atoms with Gasteiger partial charge in [0.1, 0.15) is 5.82 Å². The van der Waals surface area contributed by atoms with E-state index >= 15 is 0 Å². The summed E-state index contributed by atoms with van der Waals surface area (Å²) >= 11 is 0. The molecule has 0 amide bonds. The second kappa shape index (κ2) is 5.04. The molecule has 0 radical (unpaired) electrons. The van der Waals surface area contributed by atoms with Crippen molar-refractivity contribution in [2.75, 3.05) is 20.1 Å². The number of aryl methyl sites for hydroxylation is 1. The van der Waals surface area contributed by atoms with Crippen LogP contribution in [0.15, 0.2) is 6.20 Å². The third-order valence-electron chi connectivity index (χ3n) is 4.55. The number of hydrogen-bond acceptors (Lipinski definition) is 2. The molecule has 0 saturated carbocycles. The van der Waals surface area contributed by atoms with Gasteiger partial charge < -0.3 is 9.47 Å². The summed E-state index contributed by atoms with van der Waals surface area (Å²) in [5.74, 6) is 2.80. The Hall–Kier alpha value is -0.830. The Morgan fingerprint density at radius 1 is 1.28 bits per heavy atom. The number of rotatable bonds is 2. The zero-order valence-electron chi connectivity index (χ0n) is 11.7. The van der Waals surface area contributed by atoms with Crippen molar-refractivity contribution < 1.29 is 0 Å². The minimum Gasteiger partial charge on any atom is -0.334 e. The fourth-order valence-electron chi connectivity index (χ4n) is 3.59. The van der Waals surface area contributed by atoms with Crippen molar-refractivity contribution in [1.29, 1.82) is 0 Å². The van der Waals surface area contributed by atoms with Crippen LogP contribution in [-0.4, -0.2) is 34.6 Å². The van der Waals surface area contributed by atoms with E-state index in [-0.39, 0.29) is 0 Å². The van der Waals surface area contributed by atoms with Crippen LogP contribution in [0.2, 0.25) is 0 Å². The highest BCUT2D eigenvalue weighted by Gasteiger charge is 2.22. The lowest BCUT2D eigenvalue weighted by Gasteiger charge is -2.29. The molecule has 18 heavy (non-hydrogen) atoms. The van der Waals surface area contributed by atoms with E-state index in [9.17, 15) is 0 Å². The standard InChI is InChI=1S/C15H25N3/c1-12-5-3-8-18-11-14(16-15(12)18)9-13-6-4-7-17(2)10-13/h11-13H,3-10H2,1-2H3. The number of piperidine rings is 1. The molecule has 1 fully saturated rings. The fourth-order valence-corrected chi connectivity index (χ4v) is 3.59. The summed E-state index contributed by atoms with van der Waals surface area (Å²) in [5, 5.41) is 0. The molecule has 1 saturated heterocycles. The van der Waals surface area contributed by atoms with E-state index < -0.39 is 0 Å². The molecule has 3 heteroatoms. The smallest absolute Gasteiger partial charge is 0.111 e. The Morgan fingerprint density at radius 2 is 2.11 bits per heavy atom. The number of aromatic nitrogens is 2. The van der Waals surface area contributed by atoms with E-state index in [2.05, 4.69) is 29.6 Å². The minimum atomic E-state index is 0.654. The number of imidazole rings is 1. The normalized spacial score (nSPS) is 29.2. The average molecular weight is 247 g/mol. The van der Waals surface area contributed by atoms with Crippen molar-refractivity contribution in [3.63, 3.8) is 0 Å². The third-order valence-corrected chi connectivity index (χ3v) is 4.55. The second-order valence-electron chi connectivity index (χ2n) is 6.30. The van der Waals surface area contributed by atoms with Crippen LogP contribution in [0.1, 0.15) is 50.0 Å². The zero-order chi connectivity index (χ0) is 12.5. The summed E-state index contributed by atoms with van der Waals surface area (Å²) in [6.07, 6.45) is 8.85. The summed E-state index contributed by atoms with van der Waals surface area (Å²) in [7, 11) is 2.24. The first kappa shape index (κ1) is 12.2. The monoisotopic (exact) mass is 247 g/mol. The number of nitrogens with zero attached hydrogens (tertiary/aromatic N) is 3. The van der Waals surface area contributed by atoms with Gasteiger partial charge in [-0.1, -0.05) is 6.92 Å². The van der Waals surface area contributed by atoms with Gasteiger partial charge in [0.2, 0.25) is 0 Å². The molecular weight excluding hydrogens is 222 g/mol. The van der Waals surface area contributed by atoms with Gasteiger partial charge in [-0.15, -0.1) is 0 Å². The summed E-state index contributed by atoms with van der Waals surface area (Å²) in [6, 6.07) is 0. The molecule has 100 valence electrons. The molecule has 3 heterocycles. The quantitative estimate of drug-likeness (QED) is 0.801. The maximum absolute atomic E-state index is 4.90. The van der Waals surface area contributed by atoms with E-state index in [1.54, 1.807) is 0 Å². The molecule has 0 aliphatic carbocycles. The largest absolute Gasteiger partial charge is 0.334 e. The molecule has 0 aromatic carbocycles. The van der Waals surface area contributed by atoms with Crippen LogP contribution in [0.4, 0.5) is 0 Å². The van der Waals surface area contributed by atoms with Crippen molar-refractivity contribution in [2.24, 2.45) is 5.92 Å². The van der Waals surface area contributed by atoms with Crippen LogP contribution in [0.25, 0.3) is 0 Å². The predicted octanol–water partition coefficient (Wildman–Crippen LogP) is 2.66. The highest BCUT2D eigenvalue weighted by molar-refractivity contribution is 5.10. The molecule has 0 bridgehead atoms. The summed E-state index contributed by atoms with van der Waals surface area (Å²) < 4.78 is 2.40. The van der Waals surface area contributed by atoms with Gasteiger partial charge in [-0.05, 0) is 51.6 Å². The first-order chi connectivity index (χ1) is 8.72. The van der Waals surface area contributed by atoms with Gasteiger partial charge in [-0.3, -0.25) is 0 Å². The summed E-state index contributed by atoms with van der Waals surface area (Å²) in [5.41, 5.74) is 1.33. The molecule has 2 aliphatic heterocycles. The SMILES string of the molecule is CC1CCCn2cc(CC3CCCN(C)C3)nc21. The van der Waals surface area contributed by atoms with Crippen LogP contribution in [0, 0.1) is 5.92 Å². The summed E-state index contributed by atoms with van der Waals surface area (Å²) in [4.78, 5) is 7.36. The number of likely N-dealkylation sites (tertiary alicyclic amines) is 1. The summed E-state index contributed by atoms with van der Waals surface area (Å²) in [6.45, 7) is 6.01. The van der Waals surface area contributed by atoms with Gasteiger partial charge in [-0.2, -0.15) is 0 Å². The zero-order valence-corrected chi connectivity index (χ0v) is 11.7. The van der Waals surface area contributed by atoms with E-state index in [0.29, 0.717) is 5.92 Å². The van der Waals surface area contributed by atoms with Crippen molar-refractivity contribution in [1.82, 2.24) is 14.5 Å². The van der Waals surface area contributed by atoms with Gasteiger partial charge >= 0.3 is 0 Å². The maximum atomic E-state index is 4.90. The molecular formula is C15H25N3. The minimum absolute atomic E-state index is 0.654. The van der Waals surface area contributed by atoms with Gasteiger partial charge in [0.15, 0.2) is 0 Å². The highest BCUT2D eigenvalue weighted by atomic mass is 15.1. The van der Waals surface area contributed by atoms with Crippen LogP contribution in [0.5, 0.6) is 0 Å². The Kier molecular flexibility index (Phi) is 3.42. The predicted molar refractivity (Wildman–Crippen MR) is 73.8 cm³/mol. The molecule has 3 nitrogen and oxygen atoms in total. The molecule has 0 spiro atoms. The first-order valence-electron chi connectivity index (χ1n) is 7.47. The second-order valence-corrected chi connectivity index (χ2v) is 6.30. The molecule has 1 aromatic heterocycles. The van der Waals surface area contributed by atoms with E-state index in [4.69, 9.17) is 4.98 Å². The number of hydrogen-bond donors (Lipinski definition) is 0. The lowest BCUT2D eigenvalue weighted by atomic mass is 9.94. The Balaban J connectivity index is 1.69. The van der Waals surface area contributed by atoms with Crippen LogP contribution < -0.4 is 0 Å². The first-order valence-corrected chi connectivity index (χ1v) is 7.47. The lowest BCUT2D eigenvalue weighted by molar-refractivity contribution is 0.208. The maximum Gasteiger partial charge on any atom is 0.111 e. The van der Waals surface area contributed by atoms with E-state index in [1.807, 2.05) is 0 Å². The molecule has 0 N–H and O–H groups in total. The molecule has 2 aliphatic rings. The Bertz CT molecular complexity index is 410. The molecule has 2 unspecified atom stereocenters. The Morgan fingerprint density at radius 3 is 2.89 bits per heavy atom. The van der Waals surface area contributed by atoms with Crippen molar-refractivity contribution in [3.8, 4) is 0 Å². The fraction of sp³-hybridized carbons (Fsp3) is 0.800.